The quantitative estimate of drug-likeness (QED) is 0.336. The second-order valence-electron chi connectivity index (χ2n) is 7.10. The van der Waals surface area contributed by atoms with Crippen molar-refractivity contribution in [2.75, 3.05) is 10.6 Å². The van der Waals surface area contributed by atoms with Gasteiger partial charge in [0.05, 0.1) is 30.3 Å². The zero-order valence-corrected chi connectivity index (χ0v) is 18.5. The van der Waals surface area contributed by atoms with E-state index in [2.05, 4.69) is 20.6 Å². The lowest BCUT2D eigenvalue weighted by atomic mass is 10.2. The molecule has 4 rings (SSSR count). The molecular formula is C22H17F3N6O3S. The highest BCUT2D eigenvalue weighted by atomic mass is 32.2. The van der Waals surface area contributed by atoms with Crippen molar-refractivity contribution < 1.29 is 23.1 Å². The standard InChI is InChI=1S/C22H17F3N6O3S/c23-22(24,25)35-16-6-4-15(5-7-16)31-19(32)13-30(21(31)34)12-14-8-10-26-11-17(14)28-20(33)29-18-3-1-2-9-27-18/h1-11,13,32H,12H2,(H2,27,28,29,33). The summed E-state index contributed by atoms with van der Waals surface area (Å²) in [4.78, 5) is 33.2. The number of alkyl halides is 3. The first-order chi connectivity index (χ1) is 16.7. The van der Waals surface area contributed by atoms with Crippen LogP contribution in [0.4, 0.5) is 29.5 Å². The van der Waals surface area contributed by atoms with Crippen molar-refractivity contribution in [2.24, 2.45) is 0 Å². The summed E-state index contributed by atoms with van der Waals surface area (Å²) in [5, 5.41) is 15.6. The van der Waals surface area contributed by atoms with Gasteiger partial charge in [0, 0.05) is 17.3 Å². The SMILES string of the molecule is O=C(Nc1ccccn1)Nc1cnccc1Cn1cc(O)n(-c2ccc(SC(F)(F)F)cc2)c1=O. The van der Waals surface area contributed by atoms with Gasteiger partial charge in [-0.1, -0.05) is 6.07 Å². The van der Waals surface area contributed by atoms with Gasteiger partial charge in [0.2, 0.25) is 5.88 Å². The molecule has 35 heavy (non-hydrogen) atoms. The van der Waals surface area contributed by atoms with Crippen LogP contribution in [0.15, 0.2) is 83.0 Å². The smallest absolute Gasteiger partial charge is 0.446 e. The lowest BCUT2D eigenvalue weighted by Gasteiger charge is -2.11. The summed E-state index contributed by atoms with van der Waals surface area (Å²) >= 11 is -0.278. The Kier molecular flexibility index (Phi) is 6.78. The number of hydrogen-bond donors (Lipinski definition) is 3. The molecule has 0 aliphatic carbocycles. The monoisotopic (exact) mass is 502 g/mol. The van der Waals surface area contributed by atoms with Gasteiger partial charge in [0.25, 0.3) is 0 Å². The molecule has 2 amide bonds. The first-order valence-corrected chi connectivity index (χ1v) is 10.8. The van der Waals surface area contributed by atoms with Gasteiger partial charge >= 0.3 is 17.2 Å². The highest BCUT2D eigenvalue weighted by Crippen LogP contribution is 2.37. The van der Waals surface area contributed by atoms with Crippen molar-refractivity contribution in [1.29, 1.82) is 0 Å². The fourth-order valence-corrected chi connectivity index (χ4v) is 3.73. The molecule has 0 spiro atoms. The van der Waals surface area contributed by atoms with Crippen molar-refractivity contribution in [1.82, 2.24) is 19.1 Å². The number of aromatic nitrogens is 4. The molecule has 0 fully saturated rings. The Morgan fingerprint density at radius 1 is 1.06 bits per heavy atom. The van der Waals surface area contributed by atoms with Gasteiger partial charge in [0.15, 0.2) is 0 Å². The zero-order valence-electron chi connectivity index (χ0n) is 17.7. The van der Waals surface area contributed by atoms with E-state index in [-0.39, 0.29) is 28.9 Å². The number of benzene rings is 1. The summed E-state index contributed by atoms with van der Waals surface area (Å²) < 4.78 is 39.8. The average Bonchev–Trinajstić information content (AvgIpc) is 3.08. The van der Waals surface area contributed by atoms with Crippen LogP contribution in [-0.4, -0.2) is 35.7 Å². The number of anilines is 2. The van der Waals surface area contributed by atoms with Gasteiger partial charge in [-0.05, 0) is 59.8 Å². The molecule has 0 saturated carbocycles. The summed E-state index contributed by atoms with van der Waals surface area (Å²) in [5.74, 6) is -0.0593. The number of imidazole rings is 1. The topological polar surface area (TPSA) is 114 Å². The highest BCUT2D eigenvalue weighted by Gasteiger charge is 2.29. The van der Waals surface area contributed by atoms with Crippen LogP contribution in [0.2, 0.25) is 0 Å². The van der Waals surface area contributed by atoms with Crippen LogP contribution in [0, 0.1) is 0 Å². The van der Waals surface area contributed by atoms with Crippen LogP contribution in [0.25, 0.3) is 5.69 Å². The van der Waals surface area contributed by atoms with Crippen LogP contribution >= 0.6 is 11.8 Å². The Labute approximate surface area is 200 Å². The van der Waals surface area contributed by atoms with Gasteiger partial charge in [-0.15, -0.1) is 0 Å². The normalized spacial score (nSPS) is 11.3. The summed E-state index contributed by atoms with van der Waals surface area (Å²) in [6.07, 6.45) is 5.61. The maximum absolute atomic E-state index is 12.9. The molecule has 3 N–H and O–H groups in total. The van der Waals surface area contributed by atoms with Crippen LogP contribution in [0.3, 0.4) is 0 Å². The Balaban J connectivity index is 1.54. The van der Waals surface area contributed by atoms with E-state index in [0.29, 0.717) is 17.1 Å². The fourth-order valence-electron chi connectivity index (χ4n) is 3.20. The summed E-state index contributed by atoms with van der Waals surface area (Å²) in [6, 6.07) is 11.1. The van der Waals surface area contributed by atoms with Gasteiger partial charge < -0.3 is 10.4 Å². The third-order valence-electron chi connectivity index (χ3n) is 4.67. The van der Waals surface area contributed by atoms with E-state index in [0.717, 1.165) is 4.57 Å². The molecule has 0 atom stereocenters. The molecule has 0 saturated heterocycles. The van der Waals surface area contributed by atoms with E-state index in [4.69, 9.17) is 0 Å². The van der Waals surface area contributed by atoms with E-state index < -0.39 is 23.1 Å². The lowest BCUT2D eigenvalue weighted by molar-refractivity contribution is -0.0328. The Bertz CT molecular complexity index is 1390. The first-order valence-electron chi connectivity index (χ1n) is 9.99. The molecule has 9 nitrogen and oxygen atoms in total. The minimum Gasteiger partial charge on any atom is -0.493 e. The number of urea groups is 1. The average molecular weight is 502 g/mol. The summed E-state index contributed by atoms with van der Waals surface area (Å²) in [5.41, 5.74) is -4.02. The van der Waals surface area contributed by atoms with E-state index in [9.17, 15) is 27.9 Å². The minimum atomic E-state index is -4.44. The molecule has 13 heteroatoms. The Morgan fingerprint density at radius 2 is 1.83 bits per heavy atom. The maximum atomic E-state index is 12.9. The molecule has 0 radical (unpaired) electrons. The number of rotatable bonds is 6. The van der Waals surface area contributed by atoms with Gasteiger partial charge in [-0.2, -0.15) is 13.2 Å². The van der Waals surface area contributed by atoms with Crippen LogP contribution in [0.5, 0.6) is 5.88 Å². The number of hydrogen-bond acceptors (Lipinski definition) is 6. The lowest BCUT2D eigenvalue weighted by Crippen LogP contribution is -2.25. The molecular weight excluding hydrogens is 485 g/mol. The molecule has 0 unspecified atom stereocenters. The van der Waals surface area contributed by atoms with Gasteiger partial charge in [0.1, 0.15) is 5.82 Å². The van der Waals surface area contributed by atoms with E-state index in [1.54, 1.807) is 24.3 Å². The molecule has 0 bridgehead atoms. The van der Waals surface area contributed by atoms with Crippen molar-refractivity contribution >= 4 is 29.3 Å². The summed E-state index contributed by atoms with van der Waals surface area (Å²) in [7, 11) is 0. The summed E-state index contributed by atoms with van der Waals surface area (Å²) in [6.45, 7) is -0.0247. The third-order valence-corrected chi connectivity index (χ3v) is 5.41. The second kappa shape index (κ2) is 9.93. The van der Waals surface area contributed by atoms with Crippen LogP contribution in [0.1, 0.15) is 5.56 Å². The van der Waals surface area contributed by atoms with E-state index in [1.807, 2.05) is 0 Å². The maximum Gasteiger partial charge on any atom is 0.446 e. The van der Waals surface area contributed by atoms with Gasteiger partial charge in [-0.3, -0.25) is 14.9 Å². The third kappa shape index (κ3) is 6.00. The second-order valence-corrected chi connectivity index (χ2v) is 8.24. The molecule has 1 aromatic carbocycles. The van der Waals surface area contributed by atoms with Crippen molar-refractivity contribution in [2.45, 2.75) is 16.9 Å². The van der Waals surface area contributed by atoms with Crippen molar-refractivity contribution in [3.8, 4) is 11.6 Å². The van der Waals surface area contributed by atoms with E-state index >= 15 is 0 Å². The van der Waals surface area contributed by atoms with Crippen LogP contribution < -0.4 is 16.3 Å². The number of carbonyl (C=O) groups is 1. The largest absolute Gasteiger partial charge is 0.493 e. The van der Waals surface area contributed by atoms with E-state index in [1.165, 1.54) is 53.6 Å². The number of carbonyl (C=O) groups excluding carboxylic acids is 1. The number of pyridine rings is 2. The van der Waals surface area contributed by atoms with Crippen molar-refractivity contribution in [3.63, 3.8) is 0 Å². The minimum absolute atomic E-state index is 0.0247. The molecule has 0 aliphatic rings. The highest BCUT2D eigenvalue weighted by molar-refractivity contribution is 8.00. The molecule has 3 aromatic heterocycles. The predicted octanol–water partition coefficient (Wildman–Crippen LogP) is 4.44. The Hall–Kier alpha value is -4.26. The number of nitrogens with zero attached hydrogens (tertiary/aromatic N) is 4. The first kappa shape index (κ1) is 23.9. The van der Waals surface area contributed by atoms with Crippen molar-refractivity contribution in [3.05, 3.63) is 89.4 Å². The van der Waals surface area contributed by atoms with Gasteiger partial charge in [-0.25, -0.2) is 19.1 Å². The zero-order chi connectivity index (χ0) is 25.0. The number of thioether (sulfide) groups is 1. The predicted molar refractivity (Wildman–Crippen MR) is 124 cm³/mol. The number of amides is 2. The number of halogens is 3. The van der Waals surface area contributed by atoms with Crippen LogP contribution in [-0.2, 0) is 6.54 Å². The molecule has 180 valence electrons. The molecule has 0 aliphatic heterocycles. The number of nitrogens with one attached hydrogen (secondary N) is 2. The Morgan fingerprint density at radius 3 is 2.51 bits per heavy atom. The number of aromatic hydroxyl groups is 1. The molecule has 3 heterocycles. The molecule has 4 aromatic rings. The fraction of sp³-hybridized carbons (Fsp3) is 0.0909.